The molecular weight excluding hydrogens is 428 g/mol. The van der Waals surface area contributed by atoms with Crippen LogP contribution in [-0.4, -0.2) is 39.3 Å². The minimum Gasteiger partial charge on any atom is -0.386 e. The van der Waals surface area contributed by atoms with Crippen molar-refractivity contribution in [2.45, 2.75) is 44.0 Å². The van der Waals surface area contributed by atoms with Crippen molar-refractivity contribution in [2.75, 3.05) is 7.05 Å². The van der Waals surface area contributed by atoms with Gasteiger partial charge in [-0.15, -0.1) is 0 Å². The molecule has 1 amide bonds. The Labute approximate surface area is 194 Å². The minimum atomic E-state index is -0.991. The minimum absolute atomic E-state index is 0.0240. The second kappa shape index (κ2) is 5.99. The topological polar surface area (TPSA) is 80.4 Å². The number of amides is 1. The molecule has 4 atom stereocenters. The van der Waals surface area contributed by atoms with Gasteiger partial charge in [-0.2, -0.15) is 0 Å². The third-order valence-corrected chi connectivity index (χ3v) is 8.38. The first-order chi connectivity index (χ1) is 16.5. The Hall–Kier alpha value is -3.39. The number of carbonyl (C=O) groups is 1. The number of aliphatic hydroxyl groups is 1. The van der Waals surface area contributed by atoms with E-state index in [0.29, 0.717) is 13.0 Å². The number of ether oxygens (including phenoxy) is 1. The molecule has 170 valence electrons. The number of benzene rings is 3. The molecule has 34 heavy (non-hydrogen) atoms. The molecule has 3 aliphatic heterocycles. The highest BCUT2D eigenvalue weighted by atomic mass is 16.6. The molecule has 5 aromatic rings. The standard InChI is InChI=1S/C27H24N4O3/c1-27-25(32)16(28-2)11-19(34-27)30-17-9-5-3-7-13(17)21-22-15(12-29-26(22)33)20-14-8-4-6-10-18(14)31(27)24(20)23(21)30/h3-10,16,19,25,28,32H,11-12H2,1-2H3,(H,29,33)/t16-,19?,25-,27+/m1/s1. The van der Waals surface area contributed by atoms with Gasteiger partial charge in [0.2, 0.25) is 0 Å². The molecule has 3 aliphatic rings. The van der Waals surface area contributed by atoms with E-state index in [-0.39, 0.29) is 18.2 Å². The molecule has 3 aromatic carbocycles. The lowest BCUT2D eigenvalue weighted by Crippen LogP contribution is -2.58. The van der Waals surface area contributed by atoms with Gasteiger partial charge in [0.05, 0.1) is 27.6 Å². The predicted octanol–water partition coefficient (Wildman–Crippen LogP) is 3.70. The van der Waals surface area contributed by atoms with E-state index in [1.165, 1.54) is 0 Å². The highest BCUT2D eigenvalue weighted by Crippen LogP contribution is 2.53. The summed E-state index contributed by atoms with van der Waals surface area (Å²) < 4.78 is 11.3. The molecule has 1 fully saturated rings. The first-order valence-corrected chi connectivity index (χ1v) is 11.9. The molecule has 2 bridgehead atoms. The van der Waals surface area contributed by atoms with Crippen molar-refractivity contribution >= 4 is 49.5 Å². The summed E-state index contributed by atoms with van der Waals surface area (Å²) in [5, 5.41) is 22.2. The largest absolute Gasteiger partial charge is 0.386 e. The predicted molar refractivity (Wildman–Crippen MR) is 131 cm³/mol. The highest BCUT2D eigenvalue weighted by Gasteiger charge is 2.52. The van der Waals surface area contributed by atoms with Crippen LogP contribution < -0.4 is 10.6 Å². The second-order valence-corrected chi connectivity index (χ2v) is 9.93. The number of nitrogens with one attached hydrogen (secondary N) is 2. The average molecular weight is 453 g/mol. The first-order valence-electron chi connectivity index (χ1n) is 11.9. The van der Waals surface area contributed by atoms with E-state index in [2.05, 4.69) is 44.0 Å². The highest BCUT2D eigenvalue weighted by molar-refractivity contribution is 6.31. The Kier molecular flexibility index (Phi) is 3.34. The van der Waals surface area contributed by atoms with E-state index in [1.54, 1.807) is 0 Å². The van der Waals surface area contributed by atoms with Gasteiger partial charge in [-0.1, -0.05) is 36.4 Å². The van der Waals surface area contributed by atoms with E-state index in [4.69, 9.17) is 4.74 Å². The third kappa shape index (κ3) is 1.92. The maximum atomic E-state index is 13.3. The Morgan fingerprint density at radius 1 is 1.06 bits per heavy atom. The Balaban J connectivity index is 1.74. The summed E-state index contributed by atoms with van der Waals surface area (Å²) in [4.78, 5) is 13.3. The fourth-order valence-corrected chi connectivity index (χ4v) is 6.97. The van der Waals surface area contributed by atoms with Crippen molar-refractivity contribution in [2.24, 2.45) is 0 Å². The van der Waals surface area contributed by atoms with Gasteiger partial charge in [0.15, 0.2) is 5.72 Å². The lowest BCUT2D eigenvalue weighted by Gasteiger charge is -2.46. The number of para-hydroxylation sites is 2. The SMILES string of the molecule is CN[C@@H]1CC2O[C@@](C)([C@@H]1O)n1c3ccccc3c3c4c(c5c6ccccc6n2c5c31)C(=O)NC4. The second-order valence-electron chi connectivity index (χ2n) is 9.93. The monoisotopic (exact) mass is 452 g/mol. The zero-order chi connectivity index (χ0) is 22.9. The first kappa shape index (κ1) is 19.0. The molecule has 5 heterocycles. The Bertz CT molecular complexity index is 1730. The van der Waals surface area contributed by atoms with Crippen LogP contribution in [0.5, 0.6) is 0 Å². The Morgan fingerprint density at radius 2 is 1.76 bits per heavy atom. The average Bonchev–Trinajstić information content (AvgIpc) is 3.48. The summed E-state index contributed by atoms with van der Waals surface area (Å²) in [5.74, 6) is -0.0240. The molecular formula is C27H24N4O3. The van der Waals surface area contributed by atoms with Crippen LogP contribution in [0.2, 0.25) is 0 Å². The fourth-order valence-electron chi connectivity index (χ4n) is 6.97. The maximum absolute atomic E-state index is 13.3. The number of hydrogen-bond acceptors (Lipinski definition) is 4. The summed E-state index contributed by atoms with van der Waals surface area (Å²) in [6, 6.07) is 16.4. The molecule has 2 aromatic heterocycles. The number of carbonyl (C=O) groups excluding carboxylic acids is 1. The van der Waals surface area contributed by atoms with Gasteiger partial charge in [-0.05, 0) is 31.7 Å². The third-order valence-electron chi connectivity index (χ3n) is 8.38. The van der Waals surface area contributed by atoms with Crippen molar-refractivity contribution in [1.82, 2.24) is 19.8 Å². The number of nitrogens with zero attached hydrogens (tertiary/aromatic N) is 2. The zero-order valence-electron chi connectivity index (χ0n) is 18.9. The van der Waals surface area contributed by atoms with Crippen LogP contribution >= 0.6 is 0 Å². The molecule has 0 radical (unpaired) electrons. The normalized spacial score (nSPS) is 27.7. The summed E-state index contributed by atoms with van der Waals surface area (Å²) in [6.45, 7) is 2.49. The lowest BCUT2D eigenvalue weighted by atomic mass is 9.93. The van der Waals surface area contributed by atoms with Crippen LogP contribution in [-0.2, 0) is 17.0 Å². The molecule has 0 aliphatic carbocycles. The Morgan fingerprint density at radius 3 is 2.53 bits per heavy atom. The van der Waals surface area contributed by atoms with Crippen LogP contribution in [0.1, 0.15) is 35.5 Å². The molecule has 1 saturated heterocycles. The summed E-state index contributed by atoms with van der Waals surface area (Å²) >= 11 is 0. The van der Waals surface area contributed by atoms with Gasteiger partial charge in [0.25, 0.3) is 5.91 Å². The number of aromatic nitrogens is 2. The van der Waals surface area contributed by atoms with Gasteiger partial charge in [0, 0.05) is 40.6 Å². The lowest BCUT2D eigenvalue weighted by molar-refractivity contribution is -0.249. The molecule has 0 saturated carbocycles. The van der Waals surface area contributed by atoms with E-state index in [9.17, 15) is 9.90 Å². The van der Waals surface area contributed by atoms with Crippen molar-refractivity contribution in [1.29, 1.82) is 0 Å². The number of likely N-dealkylation sites (N-methyl/N-ethyl adjacent to an activating group) is 1. The van der Waals surface area contributed by atoms with E-state index in [1.807, 2.05) is 38.2 Å². The van der Waals surface area contributed by atoms with E-state index < -0.39 is 11.8 Å². The van der Waals surface area contributed by atoms with Gasteiger partial charge >= 0.3 is 0 Å². The quantitative estimate of drug-likeness (QED) is 0.362. The maximum Gasteiger partial charge on any atom is 0.252 e. The summed E-state index contributed by atoms with van der Waals surface area (Å²) in [5.41, 5.74) is 4.91. The molecule has 1 unspecified atom stereocenters. The molecule has 0 spiro atoms. The smallest absolute Gasteiger partial charge is 0.252 e. The molecule has 7 nitrogen and oxygen atoms in total. The van der Waals surface area contributed by atoms with Crippen molar-refractivity contribution in [3.8, 4) is 0 Å². The van der Waals surface area contributed by atoms with Crippen LogP contribution in [0, 0.1) is 0 Å². The van der Waals surface area contributed by atoms with Gasteiger partial charge < -0.3 is 29.6 Å². The number of rotatable bonds is 1. The van der Waals surface area contributed by atoms with Gasteiger partial charge in [-0.3, -0.25) is 4.79 Å². The molecule has 7 heteroatoms. The van der Waals surface area contributed by atoms with Gasteiger partial charge in [0.1, 0.15) is 12.3 Å². The van der Waals surface area contributed by atoms with Crippen molar-refractivity contribution in [3.05, 3.63) is 59.7 Å². The summed E-state index contributed by atoms with van der Waals surface area (Å²) in [7, 11) is 1.90. The van der Waals surface area contributed by atoms with E-state index >= 15 is 0 Å². The van der Waals surface area contributed by atoms with E-state index in [0.717, 1.165) is 54.7 Å². The van der Waals surface area contributed by atoms with Crippen molar-refractivity contribution in [3.63, 3.8) is 0 Å². The van der Waals surface area contributed by atoms with Crippen LogP contribution in [0.15, 0.2) is 48.5 Å². The zero-order valence-corrected chi connectivity index (χ0v) is 18.9. The van der Waals surface area contributed by atoms with Gasteiger partial charge in [-0.25, -0.2) is 0 Å². The summed E-state index contributed by atoms with van der Waals surface area (Å²) in [6.07, 6.45) is -0.432. The number of aliphatic hydroxyl groups excluding tert-OH is 1. The fraction of sp³-hybridized carbons (Fsp3) is 0.296. The molecule has 8 rings (SSSR count). The van der Waals surface area contributed by atoms with Crippen LogP contribution in [0.3, 0.4) is 0 Å². The molecule has 3 N–H and O–H groups in total. The van der Waals surface area contributed by atoms with Crippen LogP contribution in [0.25, 0.3) is 43.6 Å². The van der Waals surface area contributed by atoms with Crippen molar-refractivity contribution < 1.29 is 14.6 Å². The number of fused-ring (bicyclic) bond motifs is 13. The van der Waals surface area contributed by atoms with Crippen LogP contribution in [0.4, 0.5) is 0 Å². The number of hydrogen-bond donors (Lipinski definition) is 3.